The zero-order valence-corrected chi connectivity index (χ0v) is 11.6. The molecule has 1 fully saturated rings. The number of hydrogen-bond acceptors (Lipinski definition) is 3. The molecule has 0 unspecified atom stereocenters. The van der Waals surface area contributed by atoms with Crippen LogP contribution in [0.4, 0.5) is 5.69 Å². The Bertz CT molecular complexity index is 374. The van der Waals surface area contributed by atoms with Gasteiger partial charge >= 0.3 is 0 Å². The van der Waals surface area contributed by atoms with Crippen molar-refractivity contribution in [2.75, 3.05) is 31.2 Å². The molecule has 1 atom stereocenters. The van der Waals surface area contributed by atoms with Crippen molar-refractivity contribution in [1.82, 2.24) is 0 Å². The lowest BCUT2D eigenvalue weighted by molar-refractivity contribution is 0.152. The second-order valence-electron chi connectivity index (χ2n) is 4.34. The van der Waals surface area contributed by atoms with E-state index in [-0.39, 0.29) is 0 Å². The molecule has 0 amide bonds. The maximum absolute atomic E-state index is 9.54. The molecule has 94 valence electrons. The third-order valence-electron chi connectivity index (χ3n) is 3.02. The first-order valence-corrected chi connectivity index (χ1v) is 6.78. The van der Waals surface area contributed by atoms with Gasteiger partial charge in [-0.05, 0) is 47.0 Å². The van der Waals surface area contributed by atoms with Crippen LogP contribution in [0.25, 0.3) is 0 Å². The molecule has 1 saturated heterocycles. The highest BCUT2D eigenvalue weighted by Crippen LogP contribution is 2.29. The monoisotopic (exact) mass is 299 g/mol. The minimum Gasteiger partial charge on any atom is -0.389 e. The number of aliphatic hydroxyl groups is 1. The van der Waals surface area contributed by atoms with Crippen LogP contribution in [-0.2, 0) is 4.74 Å². The lowest BCUT2D eigenvalue weighted by atomic mass is 10.1. The molecule has 0 aromatic heterocycles. The minimum atomic E-state index is -0.423. The summed E-state index contributed by atoms with van der Waals surface area (Å²) in [5, 5.41) is 9.54. The van der Waals surface area contributed by atoms with Crippen molar-refractivity contribution in [3.63, 3.8) is 0 Å². The Morgan fingerprint density at radius 2 is 2.18 bits per heavy atom. The van der Waals surface area contributed by atoms with Gasteiger partial charge in [-0.2, -0.15) is 0 Å². The number of rotatable bonds is 2. The molecule has 0 saturated carbocycles. The second kappa shape index (κ2) is 5.85. The summed E-state index contributed by atoms with van der Waals surface area (Å²) in [6.07, 6.45) is 0.637. The molecule has 0 aliphatic carbocycles. The Kier molecular flexibility index (Phi) is 4.42. The average molecular weight is 300 g/mol. The molecular weight excluding hydrogens is 282 g/mol. The summed E-state index contributed by atoms with van der Waals surface area (Å²) in [5.41, 5.74) is 2.12. The van der Waals surface area contributed by atoms with E-state index >= 15 is 0 Å². The first-order chi connectivity index (χ1) is 8.18. The van der Waals surface area contributed by atoms with Gasteiger partial charge in [0.15, 0.2) is 0 Å². The van der Waals surface area contributed by atoms with Crippen molar-refractivity contribution >= 4 is 21.6 Å². The van der Waals surface area contributed by atoms with E-state index in [2.05, 4.69) is 26.9 Å². The molecule has 0 spiro atoms. The summed E-state index contributed by atoms with van der Waals surface area (Å²) in [6, 6.07) is 6.04. The van der Waals surface area contributed by atoms with Crippen LogP contribution in [0.2, 0.25) is 0 Å². The molecule has 1 aliphatic heterocycles. The number of hydrogen-bond donors (Lipinski definition) is 1. The van der Waals surface area contributed by atoms with Crippen LogP contribution >= 0.6 is 15.9 Å². The van der Waals surface area contributed by atoms with Gasteiger partial charge in [-0.1, -0.05) is 6.07 Å². The van der Waals surface area contributed by atoms with Crippen molar-refractivity contribution in [1.29, 1.82) is 0 Å². The van der Waals surface area contributed by atoms with Crippen molar-refractivity contribution in [2.24, 2.45) is 0 Å². The van der Waals surface area contributed by atoms with Gasteiger partial charge in [-0.25, -0.2) is 0 Å². The Labute approximate surface area is 111 Å². The molecule has 0 bridgehead atoms. The highest BCUT2D eigenvalue weighted by molar-refractivity contribution is 9.10. The maximum Gasteiger partial charge on any atom is 0.0762 e. The van der Waals surface area contributed by atoms with E-state index in [1.807, 2.05) is 12.1 Å². The predicted octanol–water partition coefficient (Wildman–Crippen LogP) is 2.73. The predicted molar refractivity (Wildman–Crippen MR) is 72.4 cm³/mol. The summed E-state index contributed by atoms with van der Waals surface area (Å²) in [7, 11) is 0. The highest BCUT2D eigenvalue weighted by atomic mass is 79.9. The van der Waals surface area contributed by atoms with E-state index in [4.69, 9.17) is 4.74 Å². The van der Waals surface area contributed by atoms with Crippen LogP contribution in [0.3, 0.4) is 0 Å². The van der Waals surface area contributed by atoms with E-state index in [1.165, 1.54) is 5.69 Å². The number of anilines is 1. The molecular formula is C13H18BrNO2. The summed E-state index contributed by atoms with van der Waals surface area (Å²) >= 11 is 3.58. The van der Waals surface area contributed by atoms with Crippen LogP contribution in [0, 0.1) is 0 Å². The van der Waals surface area contributed by atoms with E-state index < -0.39 is 6.10 Å². The van der Waals surface area contributed by atoms with Gasteiger partial charge in [-0.15, -0.1) is 0 Å². The van der Waals surface area contributed by atoms with E-state index in [1.54, 1.807) is 6.92 Å². The summed E-state index contributed by atoms with van der Waals surface area (Å²) in [6.45, 7) is 5.35. The van der Waals surface area contributed by atoms with Crippen LogP contribution in [0.15, 0.2) is 22.7 Å². The number of aliphatic hydroxyl groups excluding tert-OH is 1. The van der Waals surface area contributed by atoms with Crippen molar-refractivity contribution in [3.8, 4) is 0 Å². The van der Waals surface area contributed by atoms with Crippen molar-refractivity contribution in [2.45, 2.75) is 19.4 Å². The third-order valence-corrected chi connectivity index (χ3v) is 3.65. The zero-order chi connectivity index (χ0) is 12.3. The normalized spacial score (nSPS) is 18.9. The quantitative estimate of drug-likeness (QED) is 0.911. The molecule has 1 N–H and O–H groups in total. The first kappa shape index (κ1) is 12.9. The van der Waals surface area contributed by atoms with Gasteiger partial charge < -0.3 is 14.7 Å². The van der Waals surface area contributed by atoms with Crippen LogP contribution < -0.4 is 4.90 Å². The Morgan fingerprint density at radius 1 is 1.35 bits per heavy atom. The number of ether oxygens (including phenoxy) is 1. The standard InChI is InChI=1S/C13H18BrNO2/c1-10(16)11-3-4-13(12(14)9-11)15-5-2-7-17-8-6-15/h3-4,9-10,16H,2,5-8H2,1H3/t10-/m0/s1. The molecule has 1 heterocycles. The maximum atomic E-state index is 9.54. The fourth-order valence-electron chi connectivity index (χ4n) is 2.03. The van der Waals surface area contributed by atoms with Gasteiger partial charge in [0.25, 0.3) is 0 Å². The fraction of sp³-hybridized carbons (Fsp3) is 0.538. The molecule has 0 radical (unpaired) electrons. The molecule has 1 aromatic carbocycles. The summed E-state index contributed by atoms with van der Waals surface area (Å²) in [4.78, 5) is 2.32. The molecule has 1 aliphatic rings. The van der Waals surface area contributed by atoms with Gasteiger partial charge in [0.2, 0.25) is 0 Å². The number of benzene rings is 1. The molecule has 17 heavy (non-hydrogen) atoms. The molecule has 1 aromatic rings. The van der Waals surface area contributed by atoms with E-state index in [9.17, 15) is 5.11 Å². The number of nitrogens with zero attached hydrogens (tertiary/aromatic N) is 1. The highest BCUT2D eigenvalue weighted by Gasteiger charge is 2.13. The SMILES string of the molecule is C[C@H](O)c1ccc(N2CCCOCC2)c(Br)c1. The molecule has 2 rings (SSSR count). The van der Waals surface area contributed by atoms with E-state index in [0.717, 1.165) is 42.8 Å². The Morgan fingerprint density at radius 3 is 2.88 bits per heavy atom. The van der Waals surface area contributed by atoms with Crippen LogP contribution in [-0.4, -0.2) is 31.4 Å². The second-order valence-corrected chi connectivity index (χ2v) is 5.19. The Balaban J connectivity index is 2.19. The average Bonchev–Trinajstić information content (AvgIpc) is 2.57. The topological polar surface area (TPSA) is 32.7 Å². The van der Waals surface area contributed by atoms with Crippen LogP contribution in [0.5, 0.6) is 0 Å². The lowest BCUT2D eigenvalue weighted by Gasteiger charge is -2.24. The minimum absolute atomic E-state index is 0.423. The van der Waals surface area contributed by atoms with Gasteiger partial charge in [-0.3, -0.25) is 0 Å². The van der Waals surface area contributed by atoms with Crippen molar-refractivity contribution in [3.05, 3.63) is 28.2 Å². The molecule has 4 heteroatoms. The fourth-order valence-corrected chi connectivity index (χ4v) is 2.67. The summed E-state index contributed by atoms with van der Waals surface area (Å²) < 4.78 is 6.49. The Hall–Kier alpha value is -0.580. The van der Waals surface area contributed by atoms with E-state index in [0.29, 0.717) is 0 Å². The summed E-state index contributed by atoms with van der Waals surface area (Å²) in [5.74, 6) is 0. The molecule has 3 nitrogen and oxygen atoms in total. The van der Waals surface area contributed by atoms with Crippen LogP contribution in [0.1, 0.15) is 25.0 Å². The largest absolute Gasteiger partial charge is 0.389 e. The smallest absolute Gasteiger partial charge is 0.0762 e. The van der Waals surface area contributed by atoms with Gasteiger partial charge in [0.05, 0.1) is 18.4 Å². The number of halogens is 1. The van der Waals surface area contributed by atoms with Gasteiger partial charge in [0.1, 0.15) is 0 Å². The first-order valence-electron chi connectivity index (χ1n) is 5.98. The third kappa shape index (κ3) is 3.21. The zero-order valence-electron chi connectivity index (χ0n) is 10.0. The van der Waals surface area contributed by atoms with Gasteiger partial charge in [0, 0.05) is 24.2 Å². The lowest BCUT2D eigenvalue weighted by Crippen LogP contribution is -2.26. The van der Waals surface area contributed by atoms with Crippen molar-refractivity contribution < 1.29 is 9.84 Å².